The maximum absolute atomic E-state index is 12.3. The van der Waals surface area contributed by atoms with Gasteiger partial charge in [-0.2, -0.15) is 0 Å². The smallest absolute Gasteiger partial charge is 0.246 e. The van der Waals surface area contributed by atoms with Crippen molar-refractivity contribution in [2.75, 3.05) is 0 Å². The fourth-order valence-electron chi connectivity index (χ4n) is 2.18. The summed E-state index contributed by atoms with van der Waals surface area (Å²) in [6, 6.07) is -0.891. The van der Waals surface area contributed by atoms with E-state index in [2.05, 4.69) is 11.9 Å². The zero-order valence-electron chi connectivity index (χ0n) is 11.1. The van der Waals surface area contributed by atoms with Crippen molar-refractivity contribution in [3.63, 3.8) is 0 Å². The number of amides is 2. The molecule has 0 spiro atoms. The van der Waals surface area contributed by atoms with Crippen molar-refractivity contribution >= 4 is 11.8 Å². The van der Waals surface area contributed by atoms with E-state index in [1.165, 1.54) is 0 Å². The fourth-order valence-corrected chi connectivity index (χ4v) is 2.18. The van der Waals surface area contributed by atoms with E-state index in [0.717, 1.165) is 0 Å². The van der Waals surface area contributed by atoms with Crippen molar-refractivity contribution in [3.8, 4) is 0 Å². The summed E-state index contributed by atoms with van der Waals surface area (Å²) in [7, 11) is 0. The summed E-state index contributed by atoms with van der Waals surface area (Å²) >= 11 is 0. The molecule has 1 aliphatic heterocycles. The molecule has 1 heterocycles. The third-order valence-corrected chi connectivity index (χ3v) is 3.29. The van der Waals surface area contributed by atoms with Crippen LogP contribution in [0.4, 0.5) is 0 Å². The molecular weight excluding hydrogens is 216 g/mol. The van der Waals surface area contributed by atoms with Crippen LogP contribution in [0.2, 0.25) is 0 Å². The topological polar surface area (TPSA) is 49.4 Å². The third-order valence-electron chi connectivity index (χ3n) is 3.29. The highest BCUT2D eigenvalue weighted by atomic mass is 16.2. The second-order valence-corrected chi connectivity index (χ2v) is 4.88. The van der Waals surface area contributed by atoms with E-state index >= 15 is 0 Å². The van der Waals surface area contributed by atoms with Gasteiger partial charge in [-0.3, -0.25) is 9.59 Å². The minimum Gasteiger partial charge on any atom is -0.342 e. The fraction of sp³-hybridized carbons (Fsp3) is 0.692. The Morgan fingerprint density at radius 2 is 2.00 bits per heavy atom. The van der Waals surface area contributed by atoms with Crippen molar-refractivity contribution in [3.05, 3.63) is 12.7 Å². The number of hydrogen-bond acceptors (Lipinski definition) is 2. The quantitative estimate of drug-likeness (QED) is 0.751. The molecule has 1 fully saturated rings. The minimum absolute atomic E-state index is 0.00106. The molecule has 0 saturated carbocycles. The average molecular weight is 238 g/mol. The van der Waals surface area contributed by atoms with E-state index in [1.807, 2.05) is 27.7 Å². The van der Waals surface area contributed by atoms with Crippen LogP contribution < -0.4 is 5.32 Å². The molecule has 4 heteroatoms. The predicted molar refractivity (Wildman–Crippen MR) is 67.4 cm³/mol. The molecule has 3 atom stereocenters. The molecule has 1 saturated heterocycles. The molecule has 96 valence electrons. The Morgan fingerprint density at radius 3 is 2.41 bits per heavy atom. The van der Waals surface area contributed by atoms with Crippen molar-refractivity contribution in [2.24, 2.45) is 5.92 Å². The molecule has 0 aromatic heterocycles. The molecule has 0 aliphatic carbocycles. The van der Waals surface area contributed by atoms with E-state index in [9.17, 15) is 9.59 Å². The lowest BCUT2D eigenvalue weighted by atomic mass is 9.95. The van der Waals surface area contributed by atoms with E-state index in [1.54, 1.807) is 11.0 Å². The third kappa shape index (κ3) is 2.51. The number of nitrogens with zero attached hydrogens (tertiary/aromatic N) is 1. The van der Waals surface area contributed by atoms with Crippen molar-refractivity contribution in [1.29, 1.82) is 0 Å². The average Bonchev–Trinajstić information content (AvgIpc) is 2.29. The molecule has 2 amide bonds. The predicted octanol–water partition coefficient (Wildman–Crippen LogP) is 1.32. The van der Waals surface area contributed by atoms with Crippen molar-refractivity contribution in [2.45, 2.75) is 52.2 Å². The van der Waals surface area contributed by atoms with Gasteiger partial charge < -0.3 is 10.2 Å². The first-order valence-corrected chi connectivity index (χ1v) is 6.19. The van der Waals surface area contributed by atoms with Crippen LogP contribution in [0.25, 0.3) is 0 Å². The standard InChI is InChI=1S/C13H22N2O2/c1-6-9(5)15-10(7-2)12(16)14-11(8(3)4)13(15)17/h6,8-11H,1,7H2,2-5H3,(H,14,16). The zero-order chi connectivity index (χ0) is 13.2. The molecule has 1 N–H and O–H groups in total. The molecule has 3 unspecified atom stereocenters. The van der Waals surface area contributed by atoms with Crippen LogP contribution in [0.15, 0.2) is 12.7 Å². The molecule has 1 rings (SSSR count). The van der Waals surface area contributed by atoms with Gasteiger partial charge in [-0.05, 0) is 19.3 Å². The lowest BCUT2D eigenvalue weighted by Crippen LogP contribution is -2.66. The van der Waals surface area contributed by atoms with Crippen molar-refractivity contribution in [1.82, 2.24) is 10.2 Å². The summed E-state index contributed by atoms with van der Waals surface area (Å²) in [5, 5.41) is 2.81. The van der Waals surface area contributed by atoms with Crippen LogP contribution in [0.3, 0.4) is 0 Å². The first-order chi connectivity index (χ1) is 7.93. The Kier molecular flexibility index (Phi) is 4.32. The Labute approximate surface area is 103 Å². The summed E-state index contributed by atoms with van der Waals surface area (Å²) in [6.07, 6.45) is 2.33. The summed E-state index contributed by atoms with van der Waals surface area (Å²) in [4.78, 5) is 26.0. The zero-order valence-corrected chi connectivity index (χ0v) is 11.1. The van der Waals surface area contributed by atoms with Gasteiger partial charge in [-0.1, -0.05) is 26.8 Å². The highest BCUT2D eigenvalue weighted by Gasteiger charge is 2.42. The largest absolute Gasteiger partial charge is 0.342 e. The Morgan fingerprint density at radius 1 is 1.41 bits per heavy atom. The Hall–Kier alpha value is -1.32. The monoisotopic (exact) mass is 238 g/mol. The minimum atomic E-state index is -0.410. The molecular formula is C13H22N2O2. The van der Waals surface area contributed by atoms with Gasteiger partial charge in [0, 0.05) is 6.04 Å². The number of carbonyl (C=O) groups is 2. The van der Waals surface area contributed by atoms with Crippen LogP contribution in [0.1, 0.15) is 34.1 Å². The molecule has 4 nitrogen and oxygen atoms in total. The molecule has 0 radical (unpaired) electrons. The second kappa shape index (κ2) is 5.34. The van der Waals surface area contributed by atoms with Crippen LogP contribution in [0, 0.1) is 5.92 Å². The lowest BCUT2D eigenvalue weighted by molar-refractivity contribution is -0.152. The van der Waals surface area contributed by atoms with Gasteiger partial charge in [0.1, 0.15) is 12.1 Å². The maximum Gasteiger partial charge on any atom is 0.246 e. The summed E-state index contributed by atoms with van der Waals surface area (Å²) in [6.45, 7) is 11.4. The van der Waals surface area contributed by atoms with Gasteiger partial charge in [0.05, 0.1) is 0 Å². The maximum atomic E-state index is 12.3. The van der Waals surface area contributed by atoms with Gasteiger partial charge in [-0.15, -0.1) is 6.58 Å². The van der Waals surface area contributed by atoms with Crippen molar-refractivity contribution < 1.29 is 9.59 Å². The van der Waals surface area contributed by atoms with Crippen LogP contribution in [-0.2, 0) is 9.59 Å². The lowest BCUT2D eigenvalue weighted by Gasteiger charge is -2.42. The van der Waals surface area contributed by atoms with Gasteiger partial charge in [0.25, 0.3) is 0 Å². The summed E-state index contributed by atoms with van der Waals surface area (Å²) in [5.41, 5.74) is 0. The number of nitrogens with one attached hydrogen (secondary N) is 1. The second-order valence-electron chi connectivity index (χ2n) is 4.88. The van der Waals surface area contributed by atoms with E-state index in [4.69, 9.17) is 0 Å². The number of hydrogen-bond donors (Lipinski definition) is 1. The highest BCUT2D eigenvalue weighted by molar-refractivity contribution is 5.97. The molecule has 1 aliphatic rings. The molecule has 17 heavy (non-hydrogen) atoms. The summed E-state index contributed by atoms with van der Waals surface area (Å²) < 4.78 is 0. The van der Waals surface area contributed by atoms with E-state index < -0.39 is 6.04 Å². The molecule has 0 bridgehead atoms. The summed E-state index contributed by atoms with van der Waals surface area (Å²) in [5.74, 6) is 0.0436. The SMILES string of the molecule is C=CC(C)N1C(=O)C(C(C)C)NC(=O)C1CC. The Bertz CT molecular complexity index is 325. The number of piperazine rings is 1. The highest BCUT2D eigenvalue weighted by Crippen LogP contribution is 2.20. The van der Waals surface area contributed by atoms with E-state index in [-0.39, 0.29) is 29.8 Å². The van der Waals surface area contributed by atoms with Crippen LogP contribution >= 0.6 is 0 Å². The van der Waals surface area contributed by atoms with Crippen LogP contribution in [0.5, 0.6) is 0 Å². The molecule has 0 aromatic carbocycles. The number of rotatable bonds is 4. The normalized spacial score (nSPS) is 27.0. The molecule has 0 aromatic rings. The van der Waals surface area contributed by atoms with Gasteiger partial charge >= 0.3 is 0 Å². The van der Waals surface area contributed by atoms with Crippen LogP contribution in [-0.4, -0.2) is 34.8 Å². The first kappa shape index (κ1) is 13.7. The Balaban J connectivity index is 3.04. The first-order valence-electron chi connectivity index (χ1n) is 6.19. The van der Waals surface area contributed by atoms with Gasteiger partial charge in [0.15, 0.2) is 0 Å². The van der Waals surface area contributed by atoms with Gasteiger partial charge in [-0.25, -0.2) is 0 Å². The number of carbonyl (C=O) groups excluding carboxylic acids is 2. The van der Waals surface area contributed by atoms with Gasteiger partial charge in [0.2, 0.25) is 11.8 Å². The van der Waals surface area contributed by atoms with E-state index in [0.29, 0.717) is 6.42 Å².